The third-order valence-corrected chi connectivity index (χ3v) is 4.00. The number of hydrogen-bond acceptors (Lipinski definition) is 3. The van der Waals surface area contributed by atoms with E-state index in [0.717, 1.165) is 38.0 Å². The highest BCUT2D eigenvalue weighted by Crippen LogP contribution is 2.21. The summed E-state index contributed by atoms with van der Waals surface area (Å²) in [5.41, 5.74) is 9.39. The Hall–Kier alpha value is -2.57. The number of rotatable bonds is 3. The van der Waals surface area contributed by atoms with Crippen molar-refractivity contribution in [1.29, 1.82) is 0 Å². The molecule has 0 atom stereocenters. The van der Waals surface area contributed by atoms with Gasteiger partial charge in [0.15, 0.2) is 0 Å². The van der Waals surface area contributed by atoms with Gasteiger partial charge in [-0.3, -0.25) is 4.90 Å². The van der Waals surface area contributed by atoms with E-state index in [-0.39, 0.29) is 0 Å². The zero-order valence-electron chi connectivity index (χ0n) is 13.2. The second kappa shape index (κ2) is 7.62. The fraction of sp³-hybridized carbons (Fsp3) is 0.250. The molecular weight excluding hydrogens is 282 g/mol. The van der Waals surface area contributed by atoms with Crippen LogP contribution in [0.3, 0.4) is 0 Å². The summed E-state index contributed by atoms with van der Waals surface area (Å²) in [7, 11) is 0. The van der Waals surface area contributed by atoms with E-state index in [4.69, 9.17) is 5.73 Å². The highest BCUT2D eigenvalue weighted by molar-refractivity contribution is 5.66. The van der Waals surface area contributed by atoms with Crippen LogP contribution in [0, 0.1) is 11.8 Å². The van der Waals surface area contributed by atoms with Crippen molar-refractivity contribution >= 4 is 11.4 Å². The first-order valence-corrected chi connectivity index (χ1v) is 7.98. The zero-order valence-corrected chi connectivity index (χ0v) is 13.2. The Kier molecular flexibility index (Phi) is 5.08. The van der Waals surface area contributed by atoms with Crippen molar-refractivity contribution in [2.24, 2.45) is 0 Å². The summed E-state index contributed by atoms with van der Waals surface area (Å²) in [5.74, 6) is 6.89. The third-order valence-electron chi connectivity index (χ3n) is 4.00. The number of hydrogen-bond donors (Lipinski definition) is 1. The molecule has 1 aromatic heterocycles. The van der Waals surface area contributed by atoms with Crippen molar-refractivity contribution in [3.05, 3.63) is 65.9 Å². The van der Waals surface area contributed by atoms with Crippen LogP contribution in [-0.2, 0) is 0 Å². The molecule has 1 aromatic carbocycles. The molecule has 0 radical (unpaired) electrons. The number of aromatic nitrogens is 1. The fourth-order valence-corrected chi connectivity index (χ4v) is 2.73. The second-order valence-electron chi connectivity index (χ2n) is 5.67. The van der Waals surface area contributed by atoms with Gasteiger partial charge in [-0.2, -0.15) is 0 Å². The van der Waals surface area contributed by atoms with Crippen molar-refractivity contribution in [3.63, 3.8) is 0 Å². The molecule has 0 spiro atoms. The molecule has 0 fully saturated rings. The maximum absolute atomic E-state index is 5.65. The van der Waals surface area contributed by atoms with Crippen molar-refractivity contribution in [2.45, 2.75) is 12.8 Å². The molecular formula is C20H21N3. The minimum atomic E-state index is 0.520. The molecule has 116 valence electrons. The first-order valence-electron chi connectivity index (χ1n) is 7.98. The van der Waals surface area contributed by atoms with Gasteiger partial charge < -0.3 is 5.73 Å². The lowest BCUT2D eigenvalue weighted by Crippen LogP contribution is -2.29. The number of anilines is 1. The van der Waals surface area contributed by atoms with Crippen molar-refractivity contribution in [2.75, 3.05) is 25.4 Å². The number of benzene rings is 1. The van der Waals surface area contributed by atoms with E-state index in [2.05, 4.69) is 58.1 Å². The molecule has 2 N–H and O–H groups in total. The van der Waals surface area contributed by atoms with Gasteiger partial charge in [-0.25, -0.2) is 4.98 Å². The van der Waals surface area contributed by atoms with E-state index in [0.29, 0.717) is 5.82 Å². The van der Waals surface area contributed by atoms with E-state index in [1.54, 1.807) is 6.20 Å². The molecule has 0 saturated carbocycles. The maximum atomic E-state index is 5.65. The van der Waals surface area contributed by atoms with Gasteiger partial charge in [0.1, 0.15) is 5.82 Å². The molecule has 1 aliphatic heterocycles. The average molecular weight is 303 g/mol. The molecule has 3 nitrogen and oxygen atoms in total. The smallest absolute Gasteiger partial charge is 0.124 e. The largest absolute Gasteiger partial charge is 0.384 e. The molecule has 2 aromatic rings. The summed E-state index contributed by atoms with van der Waals surface area (Å²) in [5, 5.41) is 0. The van der Waals surface area contributed by atoms with Crippen LogP contribution in [0.1, 0.15) is 24.0 Å². The van der Waals surface area contributed by atoms with Gasteiger partial charge in [-0.05, 0) is 29.7 Å². The van der Waals surface area contributed by atoms with E-state index >= 15 is 0 Å². The Bertz CT molecular complexity index is 738. The minimum absolute atomic E-state index is 0.520. The quantitative estimate of drug-likeness (QED) is 0.886. The SMILES string of the molecule is Nc1cc(C#CCCN2CC=C(c3ccccc3)CC2)ccn1. The molecule has 0 saturated heterocycles. The average Bonchev–Trinajstić information content (AvgIpc) is 2.60. The Labute approximate surface area is 137 Å². The number of nitrogen functional groups attached to an aromatic ring is 1. The number of nitrogens with zero attached hydrogens (tertiary/aromatic N) is 2. The Morgan fingerprint density at radius 1 is 1.17 bits per heavy atom. The summed E-state index contributed by atoms with van der Waals surface area (Å²) >= 11 is 0. The van der Waals surface area contributed by atoms with Crippen LogP contribution >= 0.6 is 0 Å². The van der Waals surface area contributed by atoms with E-state index in [1.165, 1.54) is 11.1 Å². The van der Waals surface area contributed by atoms with Crippen LogP contribution in [-0.4, -0.2) is 29.5 Å². The molecule has 1 aliphatic rings. The van der Waals surface area contributed by atoms with Crippen LogP contribution in [0.25, 0.3) is 5.57 Å². The van der Waals surface area contributed by atoms with Crippen LogP contribution in [0.5, 0.6) is 0 Å². The van der Waals surface area contributed by atoms with Crippen LogP contribution in [0.2, 0.25) is 0 Å². The van der Waals surface area contributed by atoms with Gasteiger partial charge in [0.2, 0.25) is 0 Å². The van der Waals surface area contributed by atoms with Crippen LogP contribution < -0.4 is 5.73 Å². The first-order chi connectivity index (χ1) is 11.3. The lowest BCUT2D eigenvalue weighted by molar-refractivity contribution is 0.309. The zero-order chi connectivity index (χ0) is 15.9. The minimum Gasteiger partial charge on any atom is -0.384 e. The molecule has 0 unspecified atom stereocenters. The fourth-order valence-electron chi connectivity index (χ4n) is 2.73. The lowest BCUT2D eigenvalue weighted by Gasteiger charge is -2.25. The summed E-state index contributed by atoms with van der Waals surface area (Å²) < 4.78 is 0. The number of pyridine rings is 1. The van der Waals surface area contributed by atoms with E-state index < -0.39 is 0 Å². The van der Waals surface area contributed by atoms with Gasteiger partial charge in [0, 0.05) is 37.8 Å². The maximum Gasteiger partial charge on any atom is 0.124 e. The van der Waals surface area contributed by atoms with Gasteiger partial charge in [-0.15, -0.1) is 0 Å². The Balaban J connectivity index is 1.49. The normalized spacial score (nSPS) is 14.7. The van der Waals surface area contributed by atoms with E-state index in [1.807, 2.05) is 12.1 Å². The third kappa shape index (κ3) is 4.45. The topological polar surface area (TPSA) is 42.1 Å². The van der Waals surface area contributed by atoms with E-state index in [9.17, 15) is 0 Å². The summed E-state index contributed by atoms with van der Waals surface area (Å²) in [6.07, 6.45) is 6.02. The van der Waals surface area contributed by atoms with Crippen molar-refractivity contribution in [3.8, 4) is 11.8 Å². The Morgan fingerprint density at radius 2 is 2.04 bits per heavy atom. The lowest BCUT2D eigenvalue weighted by atomic mass is 9.99. The molecule has 3 rings (SSSR count). The number of nitrogens with two attached hydrogens (primary N) is 1. The summed E-state index contributed by atoms with van der Waals surface area (Å²) in [6, 6.07) is 14.3. The molecule has 23 heavy (non-hydrogen) atoms. The summed E-state index contributed by atoms with van der Waals surface area (Å²) in [6.45, 7) is 3.12. The predicted octanol–water partition coefficient (Wildman–Crippen LogP) is 3.19. The molecule has 0 amide bonds. The van der Waals surface area contributed by atoms with Gasteiger partial charge in [0.25, 0.3) is 0 Å². The molecule has 3 heteroatoms. The van der Waals surface area contributed by atoms with Crippen molar-refractivity contribution < 1.29 is 0 Å². The van der Waals surface area contributed by atoms with Crippen LogP contribution in [0.15, 0.2) is 54.7 Å². The van der Waals surface area contributed by atoms with Gasteiger partial charge in [-0.1, -0.05) is 48.2 Å². The van der Waals surface area contributed by atoms with Gasteiger partial charge >= 0.3 is 0 Å². The van der Waals surface area contributed by atoms with Gasteiger partial charge in [0.05, 0.1) is 0 Å². The first kappa shape index (κ1) is 15.3. The monoisotopic (exact) mass is 303 g/mol. The molecule has 2 heterocycles. The standard InChI is InChI=1S/C20H21N3/c21-20-16-17(9-12-22-20)6-4-5-13-23-14-10-19(11-15-23)18-7-2-1-3-8-18/h1-3,7-10,12,16H,5,11,13-15H2,(H2,21,22). The highest BCUT2D eigenvalue weighted by atomic mass is 15.1. The molecule has 0 bridgehead atoms. The predicted molar refractivity (Wildman–Crippen MR) is 95.6 cm³/mol. The van der Waals surface area contributed by atoms with Crippen LogP contribution in [0.4, 0.5) is 5.82 Å². The van der Waals surface area contributed by atoms with Crippen molar-refractivity contribution in [1.82, 2.24) is 9.88 Å². The Morgan fingerprint density at radius 3 is 2.78 bits per heavy atom. The summed E-state index contributed by atoms with van der Waals surface area (Å²) in [4.78, 5) is 6.42. The second-order valence-corrected chi connectivity index (χ2v) is 5.67. The highest BCUT2D eigenvalue weighted by Gasteiger charge is 2.11. The molecule has 0 aliphatic carbocycles.